The fourth-order valence-corrected chi connectivity index (χ4v) is 3.05. The molecule has 2 aliphatic rings. The van der Waals surface area contributed by atoms with Gasteiger partial charge < -0.3 is 15.8 Å². The molecule has 3 N–H and O–H groups in total. The SMILES string of the molecule is NC(=O)[C@@H](NC(=O)c1ncc(C2CC2)cc1OCC1CC1)c1ccc(F)cc1. The van der Waals surface area contributed by atoms with Crippen molar-refractivity contribution in [3.05, 3.63) is 59.2 Å². The van der Waals surface area contributed by atoms with Crippen LogP contribution >= 0.6 is 0 Å². The molecule has 1 atom stereocenters. The first-order chi connectivity index (χ1) is 13.5. The molecule has 2 saturated carbocycles. The lowest BCUT2D eigenvalue weighted by Gasteiger charge is -2.17. The van der Waals surface area contributed by atoms with Gasteiger partial charge in [0, 0.05) is 6.20 Å². The molecule has 0 radical (unpaired) electrons. The smallest absolute Gasteiger partial charge is 0.274 e. The van der Waals surface area contributed by atoms with Gasteiger partial charge in [-0.05, 0) is 66.8 Å². The number of benzene rings is 1. The lowest BCUT2D eigenvalue weighted by Crippen LogP contribution is -2.38. The predicted molar refractivity (Wildman–Crippen MR) is 100 cm³/mol. The van der Waals surface area contributed by atoms with Crippen LogP contribution in [0, 0.1) is 11.7 Å². The number of carbonyl (C=O) groups is 2. The van der Waals surface area contributed by atoms with Crippen molar-refractivity contribution in [2.24, 2.45) is 11.7 Å². The van der Waals surface area contributed by atoms with Gasteiger partial charge in [-0.15, -0.1) is 0 Å². The third-order valence-corrected chi connectivity index (χ3v) is 5.07. The zero-order valence-corrected chi connectivity index (χ0v) is 15.4. The van der Waals surface area contributed by atoms with Crippen molar-refractivity contribution in [3.8, 4) is 5.75 Å². The van der Waals surface area contributed by atoms with Gasteiger partial charge in [0.1, 0.15) is 11.9 Å². The number of hydrogen-bond acceptors (Lipinski definition) is 4. The van der Waals surface area contributed by atoms with Crippen LogP contribution in [0.5, 0.6) is 5.75 Å². The number of amides is 2. The van der Waals surface area contributed by atoms with Crippen molar-refractivity contribution in [1.82, 2.24) is 10.3 Å². The minimum Gasteiger partial charge on any atom is -0.491 e. The van der Waals surface area contributed by atoms with E-state index in [1.807, 2.05) is 6.07 Å². The van der Waals surface area contributed by atoms with Gasteiger partial charge in [-0.2, -0.15) is 0 Å². The molecule has 1 aromatic carbocycles. The summed E-state index contributed by atoms with van der Waals surface area (Å²) in [5.41, 5.74) is 7.04. The van der Waals surface area contributed by atoms with E-state index in [1.165, 1.54) is 24.3 Å². The van der Waals surface area contributed by atoms with Gasteiger partial charge in [-0.1, -0.05) is 12.1 Å². The van der Waals surface area contributed by atoms with Crippen molar-refractivity contribution in [3.63, 3.8) is 0 Å². The number of primary amides is 1. The average molecular weight is 383 g/mol. The first-order valence-electron chi connectivity index (χ1n) is 9.49. The van der Waals surface area contributed by atoms with Crippen LogP contribution in [0.4, 0.5) is 4.39 Å². The Bertz CT molecular complexity index is 892. The Morgan fingerprint density at radius 1 is 1.21 bits per heavy atom. The first kappa shape index (κ1) is 18.4. The quantitative estimate of drug-likeness (QED) is 0.733. The van der Waals surface area contributed by atoms with Crippen LogP contribution in [-0.4, -0.2) is 23.4 Å². The maximum atomic E-state index is 13.2. The molecule has 0 saturated heterocycles. The van der Waals surface area contributed by atoms with Crippen LogP contribution in [0.25, 0.3) is 0 Å². The van der Waals surface area contributed by atoms with E-state index in [1.54, 1.807) is 6.20 Å². The molecule has 1 aromatic heterocycles. The molecule has 0 spiro atoms. The first-order valence-corrected chi connectivity index (χ1v) is 9.49. The summed E-state index contributed by atoms with van der Waals surface area (Å²) in [5.74, 6) is -0.303. The van der Waals surface area contributed by atoms with E-state index in [2.05, 4.69) is 10.3 Å². The molecule has 2 aromatic rings. The van der Waals surface area contributed by atoms with E-state index >= 15 is 0 Å². The number of nitrogens with one attached hydrogen (secondary N) is 1. The van der Waals surface area contributed by atoms with Crippen molar-refractivity contribution >= 4 is 11.8 Å². The topological polar surface area (TPSA) is 94.3 Å². The molecule has 6 nitrogen and oxygen atoms in total. The van der Waals surface area contributed by atoms with Gasteiger partial charge in [0.15, 0.2) is 11.4 Å². The summed E-state index contributed by atoms with van der Waals surface area (Å²) < 4.78 is 19.0. The second-order valence-corrected chi connectivity index (χ2v) is 7.50. The van der Waals surface area contributed by atoms with Crippen LogP contribution in [-0.2, 0) is 4.79 Å². The number of rotatable bonds is 8. The second kappa shape index (κ2) is 7.58. The third kappa shape index (κ3) is 4.30. The summed E-state index contributed by atoms with van der Waals surface area (Å²) in [4.78, 5) is 29.0. The third-order valence-electron chi connectivity index (χ3n) is 5.07. The van der Waals surface area contributed by atoms with Gasteiger partial charge in [-0.25, -0.2) is 9.37 Å². The molecule has 2 fully saturated rings. The second-order valence-electron chi connectivity index (χ2n) is 7.50. The van der Waals surface area contributed by atoms with Crippen LogP contribution in [0.1, 0.15) is 59.3 Å². The maximum absolute atomic E-state index is 13.2. The summed E-state index contributed by atoms with van der Waals surface area (Å²) in [6.45, 7) is 0.549. The highest BCUT2D eigenvalue weighted by Gasteiger charge is 2.29. The van der Waals surface area contributed by atoms with Gasteiger partial charge in [0.25, 0.3) is 5.91 Å². The Hall–Kier alpha value is -2.96. The number of nitrogens with zero attached hydrogens (tertiary/aromatic N) is 1. The van der Waals surface area contributed by atoms with Crippen molar-refractivity contribution < 1.29 is 18.7 Å². The fourth-order valence-electron chi connectivity index (χ4n) is 3.05. The summed E-state index contributed by atoms with van der Waals surface area (Å²) in [6, 6.07) is 6.04. The highest BCUT2D eigenvalue weighted by molar-refractivity contribution is 5.98. The van der Waals surface area contributed by atoms with Gasteiger partial charge in [0.2, 0.25) is 5.91 Å². The Morgan fingerprint density at radius 3 is 2.54 bits per heavy atom. The number of halogens is 1. The highest BCUT2D eigenvalue weighted by Crippen LogP contribution is 2.41. The van der Waals surface area contributed by atoms with E-state index in [-0.39, 0.29) is 5.69 Å². The van der Waals surface area contributed by atoms with Crippen LogP contribution < -0.4 is 15.8 Å². The lowest BCUT2D eigenvalue weighted by molar-refractivity contribution is -0.120. The molecule has 146 valence electrons. The molecule has 0 aliphatic heterocycles. The molecular formula is C21H22FN3O3. The number of aromatic nitrogens is 1. The molecule has 0 bridgehead atoms. The zero-order chi connectivity index (χ0) is 19.7. The molecule has 0 unspecified atom stereocenters. The molecule has 2 aliphatic carbocycles. The fraction of sp³-hybridized carbons (Fsp3) is 0.381. The molecule has 28 heavy (non-hydrogen) atoms. The van der Waals surface area contributed by atoms with Crippen molar-refractivity contribution in [1.29, 1.82) is 0 Å². The predicted octanol–water partition coefficient (Wildman–Crippen LogP) is 2.84. The van der Waals surface area contributed by atoms with E-state index in [4.69, 9.17) is 10.5 Å². The Labute approximate surface area is 162 Å². The molecule has 7 heteroatoms. The maximum Gasteiger partial charge on any atom is 0.274 e. The molecule has 4 rings (SSSR count). The molecule has 2 amide bonds. The van der Waals surface area contributed by atoms with E-state index in [0.29, 0.717) is 29.8 Å². The lowest BCUT2D eigenvalue weighted by atomic mass is 10.1. The van der Waals surface area contributed by atoms with Crippen molar-refractivity contribution in [2.75, 3.05) is 6.61 Å². The van der Waals surface area contributed by atoms with Crippen molar-refractivity contribution in [2.45, 2.75) is 37.6 Å². The highest BCUT2D eigenvalue weighted by atomic mass is 19.1. The minimum atomic E-state index is -1.09. The molecule has 1 heterocycles. The van der Waals surface area contributed by atoms with Gasteiger partial charge in [0.05, 0.1) is 6.61 Å². The standard InChI is InChI=1S/C21H22FN3O3/c22-16-7-5-14(6-8-16)18(20(23)26)25-21(27)19-17(28-11-12-1-2-12)9-15(10-24-19)13-3-4-13/h5-10,12-13,18H,1-4,11H2,(H2,23,26)(H,25,27)/t18-/m0/s1. The zero-order valence-electron chi connectivity index (χ0n) is 15.4. The summed E-state index contributed by atoms with van der Waals surface area (Å²) in [5, 5.41) is 2.60. The van der Waals surface area contributed by atoms with E-state index < -0.39 is 23.7 Å². The number of hydrogen-bond donors (Lipinski definition) is 2. The summed E-state index contributed by atoms with van der Waals surface area (Å²) in [6.07, 6.45) is 6.18. The molecular weight excluding hydrogens is 361 g/mol. The largest absolute Gasteiger partial charge is 0.491 e. The minimum absolute atomic E-state index is 0.124. The summed E-state index contributed by atoms with van der Waals surface area (Å²) >= 11 is 0. The monoisotopic (exact) mass is 383 g/mol. The van der Waals surface area contributed by atoms with E-state index in [9.17, 15) is 14.0 Å². The number of pyridine rings is 1. The Kier molecular flexibility index (Phi) is 4.98. The van der Waals surface area contributed by atoms with Crippen LogP contribution in [0.3, 0.4) is 0 Å². The van der Waals surface area contributed by atoms with Gasteiger partial charge in [-0.3, -0.25) is 9.59 Å². The number of nitrogens with two attached hydrogens (primary N) is 1. The van der Waals surface area contributed by atoms with E-state index in [0.717, 1.165) is 31.2 Å². The normalized spacial score (nSPS) is 17.0. The Balaban J connectivity index is 1.56. The van der Waals surface area contributed by atoms with Crippen LogP contribution in [0.2, 0.25) is 0 Å². The number of carbonyl (C=O) groups excluding carboxylic acids is 2. The summed E-state index contributed by atoms with van der Waals surface area (Å²) in [7, 11) is 0. The van der Waals surface area contributed by atoms with Gasteiger partial charge >= 0.3 is 0 Å². The Morgan fingerprint density at radius 2 is 1.93 bits per heavy atom. The number of ether oxygens (including phenoxy) is 1. The van der Waals surface area contributed by atoms with Crippen LogP contribution in [0.15, 0.2) is 36.5 Å². The average Bonchev–Trinajstić information content (AvgIpc) is 3.58.